The largest absolute Gasteiger partial charge is 0.479 e. The van der Waals surface area contributed by atoms with Crippen LogP contribution >= 0.6 is 11.8 Å². The van der Waals surface area contributed by atoms with Crippen LogP contribution in [0, 0.1) is 6.92 Å². The van der Waals surface area contributed by atoms with E-state index in [1.54, 1.807) is 6.92 Å². The van der Waals surface area contributed by atoms with Crippen LogP contribution in [0.25, 0.3) is 0 Å². The number of aliphatic carboxylic acids is 1. The van der Waals surface area contributed by atoms with Crippen molar-refractivity contribution in [3.63, 3.8) is 0 Å². The van der Waals surface area contributed by atoms with Gasteiger partial charge in [-0.05, 0) is 13.8 Å². The Balaban J connectivity index is 2.52. The number of nitrogens with zero attached hydrogens (tertiary/aromatic N) is 2. The topological polar surface area (TPSA) is 99.1 Å². The minimum absolute atomic E-state index is 0.0135. The van der Waals surface area contributed by atoms with Crippen LogP contribution in [-0.2, 0) is 4.79 Å². The molecule has 6 nitrogen and oxygen atoms in total. The molecule has 1 unspecified atom stereocenters. The van der Waals surface area contributed by atoms with Crippen molar-refractivity contribution in [2.45, 2.75) is 24.6 Å². The molecule has 3 N–H and O–H groups in total. The zero-order valence-electron chi connectivity index (χ0n) is 7.81. The first-order valence-electron chi connectivity index (χ1n) is 3.89. The van der Waals surface area contributed by atoms with Crippen molar-refractivity contribution in [3.8, 4) is 0 Å². The maximum atomic E-state index is 10.5. The summed E-state index contributed by atoms with van der Waals surface area (Å²) in [7, 11) is 0. The number of H-pyrrole nitrogens is 1. The van der Waals surface area contributed by atoms with Gasteiger partial charge in [-0.25, -0.2) is 9.78 Å². The van der Waals surface area contributed by atoms with Crippen molar-refractivity contribution >= 4 is 17.7 Å². The van der Waals surface area contributed by atoms with E-state index in [1.165, 1.54) is 6.92 Å². The SMILES string of the molecule is Cc1nc(SCC(C)(O)C(=O)O)n[nH]1. The van der Waals surface area contributed by atoms with Crippen molar-refractivity contribution in [2.75, 3.05) is 5.75 Å². The fourth-order valence-corrected chi connectivity index (χ4v) is 1.50. The van der Waals surface area contributed by atoms with Crippen molar-refractivity contribution < 1.29 is 15.0 Å². The highest BCUT2D eigenvalue weighted by atomic mass is 32.2. The molecule has 1 aromatic rings. The molecule has 0 aromatic carbocycles. The van der Waals surface area contributed by atoms with E-state index >= 15 is 0 Å². The van der Waals surface area contributed by atoms with Crippen LogP contribution in [0.2, 0.25) is 0 Å². The third-order valence-corrected chi connectivity index (χ3v) is 2.67. The lowest BCUT2D eigenvalue weighted by Gasteiger charge is -2.15. The van der Waals surface area contributed by atoms with Crippen LogP contribution < -0.4 is 0 Å². The molecule has 1 heterocycles. The first kappa shape index (κ1) is 11.0. The van der Waals surface area contributed by atoms with E-state index in [1.807, 2.05) is 0 Å². The zero-order chi connectivity index (χ0) is 10.8. The highest BCUT2D eigenvalue weighted by Gasteiger charge is 2.30. The maximum absolute atomic E-state index is 10.5. The summed E-state index contributed by atoms with van der Waals surface area (Å²) in [5.74, 6) is -0.584. The number of aromatic amines is 1. The molecule has 0 saturated heterocycles. The second-order valence-electron chi connectivity index (χ2n) is 3.07. The Bertz CT molecular complexity index is 337. The number of nitrogens with one attached hydrogen (secondary N) is 1. The Morgan fingerprint density at radius 3 is 2.79 bits per heavy atom. The minimum Gasteiger partial charge on any atom is -0.479 e. The predicted octanol–water partition coefficient (Wildman–Crippen LogP) is 0.0408. The zero-order valence-corrected chi connectivity index (χ0v) is 8.63. The van der Waals surface area contributed by atoms with Gasteiger partial charge in [0.25, 0.3) is 0 Å². The van der Waals surface area contributed by atoms with Gasteiger partial charge in [-0.15, -0.1) is 5.10 Å². The molecule has 1 rings (SSSR count). The van der Waals surface area contributed by atoms with Gasteiger partial charge in [0.05, 0.1) is 0 Å². The number of aliphatic hydroxyl groups is 1. The normalized spacial score (nSPS) is 15.1. The molecule has 0 radical (unpaired) electrons. The molecular formula is C7H11N3O3S. The summed E-state index contributed by atoms with van der Waals surface area (Å²) in [6, 6.07) is 0. The van der Waals surface area contributed by atoms with Gasteiger partial charge in [-0.2, -0.15) is 0 Å². The van der Waals surface area contributed by atoms with E-state index in [2.05, 4.69) is 15.2 Å². The van der Waals surface area contributed by atoms with Crippen LogP contribution in [0.3, 0.4) is 0 Å². The molecule has 0 amide bonds. The van der Waals surface area contributed by atoms with Gasteiger partial charge < -0.3 is 10.2 Å². The van der Waals surface area contributed by atoms with Crippen molar-refractivity contribution in [1.82, 2.24) is 15.2 Å². The first-order chi connectivity index (χ1) is 6.42. The third kappa shape index (κ3) is 2.71. The number of aromatic nitrogens is 3. The second kappa shape index (κ2) is 3.97. The fourth-order valence-electron chi connectivity index (χ4n) is 0.654. The molecule has 0 aliphatic rings. The van der Waals surface area contributed by atoms with Gasteiger partial charge >= 0.3 is 5.97 Å². The van der Waals surface area contributed by atoms with Crippen LogP contribution in [0.5, 0.6) is 0 Å². The van der Waals surface area contributed by atoms with Crippen LogP contribution in [0.1, 0.15) is 12.7 Å². The smallest absolute Gasteiger partial charge is 0.336 e. The molecule has 0 fully saturated rings. The monoisotopic (exact) mass is 217 g/mol. The first-order valence-corrected chi connectivity index (χ1v) is 4.88. The summed E-state index contributed by atoms with van der Waals surface area (Å²) in [5.41, 5.74) is -1.75. The summed E-state index contributed by atoms with van der Waals surface area (Å²) in [6.07, 6.45) is 0. The van der Waals surface area contributed by atoms with Crippen molar-refractivity contribution in [2.24, 2.45) is 0 Å². The second-order valence-corrected chi connectivity index (χ2v) is 4.01. The highest BCUT2D eigenvalue weighted by molar-refractivity contribution is 7.99. The van der Waals surface area contributed by atoms with Gasteiger partial charge in [0.1, 0.15) is 5.82 Å². The Morgan fingerprint density at radius 1 is 1.71 bits per heavy atom. The number of carboxylic acid groups (broad SMARTS) is 1. The van der Waals surface area contributed by atoms with E-state index in [0.29, 0.717) is 11.0 Å². The molecule has 1 atom stereocenters. The molecule has 7 heteroatoms. The molecule has 14 heavy (non-hydrogen) atoms. The number of carbonyl (C=O) groups is 1. The number of rotatable bonds is 4. The predicted molar refractivity (Wildman–Crippen MR) is 50.1 cm³/mol. The van der Waals surface area contributed by atoms with E-state index in [0.717, 1.165) is 11.8 Å². The Kier molecular flexibility index (Phi) is 3.12. The molecular weight excluding hydrogens is 206 g/mol. The number of hydrogen-bond donors (Lipinski definition) is 3. The van der Waals surface area contributed by atoms with E-state index in [9.17, 15) is 9.90 Å². The number of carboxylic acids is 1. The standard InChI is InChI=1S/C7H11N3O3S/c1-4-8-6(10-9-4)14-3-7(2,13)5(11)12/h13H,3H2,1-2H3,(H,11,12)(H,8,9,10). The lowest BCUT2D eigenvalue weighted by molar-refractivity contribution is -0.154. The lowest BCUT2D eigenvalue weighted by Crippen LogP contribution is -2.37. The van der Waals surface area contributed by atoms with Crippen molar-refractivity contribution in [3.05, 3.63) is 5.82 Å². The van der Waals surface area contributed by atoms with Crippen molar-refractivity contribution in [1.29, 1.82) is 0 Å². The van der Waals surface area contributed by atoms with E-state index in [4.69, 9.17) is 5.11 Å². The summed E-state index contributed by atoms with van der Waals surface area (Å²) >= 11 is 1.09. The molecule has 0 aliphatic carbocycles. The highest BCUT2D eigenvalue weighted by Crippen LogP contribution is 2.19. The van der Waals surface area contributed by atoms with E-state index in [-0.39, 0.29) is 5.75 Å². The molecule has 0 bridgehead atoms. The Hall–Kier alpha value is -1.08. The van der Waals surface area contributed by atoms with E-state index < -0.39 is 11.6 Å². The van der Waals surface area contributed by atoms with Crippen LogP contribution in [0.15, 0.2) is 5.16 Å². The van der Waals surface area contributed by atoms with Crippen LogP contribution in [0.4, 0.5) is 0 Å². The average Bonchev–Trinajstić information content (AvgIpc) is 2.48. The number of aryl methyl sites for hydroxylation is 1. The quantitative estimate of drug-likeness (QED) is 0.616. The fraction of sp³-hybridized carbons (Fsp3) is 0.571. The Labute approximate surface area is 84.7 Å². The number of thioether (sulfide) groups is 1. The Morgan fingerprint density at radius 2 is 2.36 bits per heavy atom. The maximum Gasteiger partial charge on any atom is 0.336 e. The number of hydrogen-bond acceptors (Lipinski definition) is 5. The third-order valence-electron chi connectivity index (χ3n) is 1.52. The molecule has 0 saturated carbocycles. The summed E-state index contributed by atoms with van der Waals surface area (Å²) in [5, 5.41) is 24.8. The molecule has 78 valence electrons. The minimum atomic E-state index is -1.75. The average molecular weight is 217 g/mol. The summed E-state index contributed by atoms with van der Waals surface area (Å²) in [6.45, 7) is 2.98. The molecule has 0 spiro atoms. The van der Waals surface area contributed by atoms with Gasteiger partial charge in [0.15, 0.2) is 5.60 Å². The lowest BCUT2D eigenvalue weighted by atomic mass is 10.1. The van der Waals surface area contributed by atoms with Gasteiger partial charge in [0, 0.05) is 5.75 Å². The van der Waals surface area contributed by atoms with Gasteiger partial charge in [-0.1, -0.05) is 11.8 Å². The van der Waals surface area contributed by atoms with Gasteiger partial charge in [-0.3, -0.25) is 5.10 Å². The molecule has 1 aromatic heterocycles. The summed E-state index contributed by atoms with van der Waals surface area (Å²) < 4.78 is 0. The van der Waals surface area contributed by atoms with Crippen LogP contribution in [-0.4, -0.2) is 42.7 Å². The summed E-state index contributed by atoms with van der Waals surface area (Å²) in [4.78, 5) is 14.5. The molecule has 0 aliphatic heterocycles. The van der Waals surface area contributed by atoms with Gasteiger partial charge in [0.2, 0.25) is 5.16 Å².